The van der Waals surface area contributed by atoms with Crippen molar-refractivity contribution >= 4 is 57.1 Å². The Balaban J connectivity index is 1.61. The lowest BCUT2D eigenvalue weighted by molar-refractivity contribution is -0.306. The molecule has 1 heterocycles. The summed E-state index contributed by atoms with van der Waals surface area (Å²) in [4.78, 5) is 28.9. The molecule has 0 aliphatic carbocycles. The smallest absolute Gasteiger partial charge is 0.340 e. The van der Waals surface area contributed by atoms with E-state index in [2.05, 4.69) is 0 Å². The van der Waals surface area contributed by atoms with Gasteiger partial charge in [-0.15, -0.1) is 0 Å². The standard InChI is InChI=1S/C41H44I2O14/c1-46-27-18-25(30(42)35(50-5)32(27)48-3)39(44)56-34-29(22-53-20-23-14-10-8-11-15-23)55-41(52-7)38(54-21-24-16-12-9-13-17-24)37(34)57-40(45)26-19-28(47-2)33(49-4)36(51-6)31(26)43/h8-19,29,34,37-38,41H,20-22H2,1-7H3/t29-,34+,37+,38-,41+/m1/s1. The van der Waals surface area contributed by atoms with E-state index in [0.29, 0.717) is 12.9 Å². The van der Waals surface area contributed by atoms with Crippen LogP contribution in [0.15, 0.2) is 72.8 Å². The summed E-state index contributed by atoms with van der Waals surface area (Å²) >= 11 is 3.95. The Kier molecular flexibility index (Phi) is 16.3. The highest BCUT2D eigenvalue weighted by Gasteiger charge is 2.52. The third kappa shape index (κ3) is 10.1. The number of halogens is 2. The number of benzene rings is 4. The van der Waals surface area contributed by atoms with Crippen LogP contribution in [0.1, 0.15) is 31.8 Å². The summed E-state index contributed by atoms with van der Waals surface area (Å²) in [6, 6.07) is 21.9. The molecule has 4 aromatic rings. The van der Waals surface area contributed by atoms with Crippen LogP contribution in [0.5, 0.6) is 34.5 Å². The van der Waals surface area contributed by atoms with E-state index in [4.69, 9.17) is 56.8 Å². The maximum atomic E-state index is 14.4. The molecule has 1 saturated heterocycles. The number of carbonyl (C=O) groups is 2. The summed E-state index contributed by atoms with van der Waals surface area (Å²) in [6.45, 7) is 0.192. The minimum Gasteiger partial charge on any atom is -0.493 e. The average Bonchev–Trinajstić information content (AvgIpc) is 3.23. The molecule has 0 saturated carbocycles. The van der Waals surface area contributed by atoms with E-state index in [1.54, 1.807) is 0 Å². The molecule has 1 aliphatic heterocycles. The first-order chi connectivity index (χ1) is 27.6. The molecule has 5 rings (SSSR count). The van der Waals surface area contributed by atoms with E-state index in [0.717, 1.165) is 11.1 Å². The van der Waals surface area contributed by atoms with Gasteiger partial charge in [0.15, 0.2) is 41.5 Å². The Morgan fingerprint density at radius 3 is 1.47 bits per heavy atom. The summed E-state index contributed by atoms with van der Waals surface area (Å²) in [5.41, 5.74) is 1.91. The van der Waals surface area contributed by atoms with Gasteiger partial charge in [-0.1, -0.05) is 60.7 Å². The van der Waals surface area contributed by atoms with Gasteiger partial charge in [0.1, 0.15) is 12.2 Å². The number of carbonyl (C=O) groups excluding carboxylic acids is 2. The van der Waals surface area contributed by atoms with Crippen LogP contribution in [0.2, 0.25) is 0 Å². The van der Waals surface area contributed by atoms with Gasteiger partial charge >= 0.3 is 11.9 Å². The van der Waals surface area contributed by atoms with Crippen molar-refractivity contribution in [2.75, 3.05) is 56.4 Å². The highest BCUT2D eigenvalue weighted by atomic mass is 127. The van der Waals surface area contributed by atoms with Crippen LogP contribution in [0.25, 0.3) is 0 Å². The third-order valence-corrected chi connectivity index (χ3v) is 11.1. The predicted octanol–water partition coefficient (Wildman–Crippen LogP) is 6.87. The first-order valence-electron chi connectivity index (χ1n) is 17.5. The van der Waals surface area contributed by atoms with E-state index in [1.165, 1.54) is 61.9 Å². The van der Waals surface area contributed by atoms with Gasteiger partial charge in [-0.2, -0.15) is 0 Å². The normalized spacial score (nSPS) is 18.9. The van der Waals surface area contributed by atoms with Crippen LogP contribution in [0, 0.1) is 7.14 Å². The van der Waals surface area contributed by atoms with Crippen molar-refractivity contribution in [3.05, 3.63) is 102 Å². The zero-order valence-electron chi connectivity index (χ0n) is 32.4. The molecule has 5 atom stereocenters. The van der Waals surface area contributed by atoms with E-state index in [-0.39, 0.29) is 59.7 Å². The van der Waals surface area contributed by atoms with Gasteiger partial charge < -0.3 is 56.8 Å². The van der Waals surface area contributed by atoms with Crippen LogP contribution in [-0.2, 0) is 41.6 Å². The molecular weight excluding hydrogens is 970 g/mol. The number of methoxy groups -OCH3 is 7. The summed E-state index contributed by atoms with van der Waals surface area (Å²) < 4.78 is 71.8. The number of ether oxygens (including phenoxy) is 12. The molecule has 1 aliphatic rings. The molecule has 16 heteroatoms. The van der Waals surface area contributed by atoms with E-state index in [9.17, 15) is 9.59 Å². The quantitative estimate of drug-likeness (QED) is 0.0755. The maximum Gasteiger partial charge on any atom is 0.340 e. The first-order valence-corrected chi connectivity index (χ1v) is 19.6. The second-order valence-electron chi connectivity index (χ2n) is 12.3. The van der Waals surface area contributed by atoms with Crippen LogP contribution in [-0.4, -0.2) is 99.0 Å². The Morgan fingerprint density at radius 2 is 1.04 bits per heavy atom. The van der Waals surface area contributed by atoms with Crippen molar-refractivity contribution in [2.45, 2.75) is 43.9 Å². The number of esters is 2. The van der Waals surface area contributed by atoms with Crippen molar-refractivity contribution in [2.24, 2.45) is 0 Å². The largest absolute Gasteiger partial charge is 0.493 e. The average molecular weight is 1010 g/mol. The first kappa shape index (κ1) is 44.0. The van der Waals surface area contributed by atoms with Gasteiger partial charge in [0, 0.05) is 7.11 Å². The van der Waals surface area contributed by atoms with Crippen molar-refractivity contribution in [3.63, 3.8) is 0 Å². The zero-order chi connectivity index (χ0) is 41.1. The van der Waals surface area contributed by atoms with E-state index in [1.807, 2.05) is 106 Å². The second-order valence-corrected chi connectivity index (χ2v) is 14.5. The van der Waals surface area contributed by atoms with E-state index >= 15 is 0 Å². The molecule has 0 bridgehead atoms. The molecule has 1 fully saturated rings. The lowest BCUT2D eigenvalue weighted by Crippen LogP contribution is -2.62. The Labute approximate surface area is 358 Å². The zero-order valence-corrected chi connectivity index (χ0v) is 36.7. The summed E-state index contributed by atoms with van der Waals surface area (Å²) in [5.74, 6) is -0.0513. The van der Waals surface area contributed by atoms with Crippen molar-refractivity contribution in [1.29, 1.82) is 0 Å². The van der Waals surface area contributed by atoms with Crippen LogP contribution >= 0.6 is 45.2 Å². The van der Waals surface area contributed by atoms with Gasteiger partial charge in [-0.3, -0.25) is 0 Å². The Hall–Kier alpha value is -4.08. The second kappa shape index (κ2) is 21.1. The van der Waals surface area contributed by atoms with Crippen LogP contribution in [0.4, 0.5) is 0 Å². The fraction of sp³-hybridized carbons (Fsp3) is 0.366. The highest BCUT2D eigenvalue weighted by molar-refractivity contribution is 14.1. The van der Waals surface area contributed by atoms with Gasteiger partial charge in [-0.25, -0.2) is 9.59 Å². The Morgan fingerprint density at radius 1 is 0.579 bits per heavy atom. The molecule has 306 valence electrons. The van der Waals surface area contributed by atoms with Gasteiger partial charge in [-0.05, 0) is 68.4 Å². The molecule has 0 aromatic heterocycles. The summed E-state index contributed by atoms with van der Waals surface area (Å²) in [6.07, 6.45) is -5.91. The monoisotopic (exact) mass is 1010 g/mol. The number of hydrogen-bond acceptors (Lipinski definition) is 14. The molecule has 4 aromatic carbocycles. The van der Waals surface area contributed by atoms with Gasteiger partial charge in [0.05, 0.1) is 80.7 Å². The highest BCUT2D eigenvalue weighted by Crippen LogP contribution is 2.45. The molecular formula is C41H44I2O14. The Bertz CT molecular complexity index is 1960. The molecule has 0 amide bonds. The predicted molar refractivity (Wildman–Crippen MR) is 223 cm³/mol. The summed E-state index contributed by atoms with van der Waals surface area (Å²) in [7, 11) is 10.1. The lowest BCUT2D eigenvalue weighted by atomic mass is 9.97. The van der Waals surface area contributed by atoms with Crippen molar-refractivity contribution < 1.29 is 66.4 Å². The minimum absolute atomic E-state index is 0.0745. The SMILES string of the molecule is COc1cc(C(=O)O[C@H]2[C@@H](OC(=O)c3cc(OC)c(OC)c(OC)c3I)[C@@H](COCc3ccccc3)O[C@H](OC)[C@@H]2OCc2ccccc2)c(I)c(OC)c1OC. The third-order valence-electron chi connectivity index (χ3n) is 8.97. The minimum atomic E-state index is -1.33. The molecule has 0 spiro atoms. The fourth-order valence-electron chi connectivity index (χ4n) is 6.20. The topological polar surface area (TPSA) is 145 Å². The van der Waals surface area contributed by atoms with Crippen molar-refractivity contribution in [3.8, 4) is 34.5 Å². The van der Waals surface area contributed by atoms with E-state index < -0.39 is 42.6 Å². The molecule has 0 radical (unpaired) electrons. The molecule has 0 unspecified atom stereocenters. The number of rotatable bonds is 18. The fourth-order valence-corrected chi connectivity index (χ4v) is 7.88. The molecule has 0 N–H and O–H groups in total. The molecule has 57 heavy (non-hydrogen) atoms. The summed E-state index contributed by atoms with van der Waals surface area (Å²) in [5, 5.41) is 0. The lowest BCUT2D eigenvalue weighted by Gasteiger charge is -2.44. The van der Waals surface area contributed by atoms with Gasteiger partial charge in [0.25, 0.3) is 0 Å². The van der Waals surface area contributed by atoms with Crippen molar-refractivity contribution in [1.82, 2.24) is 0 Å². The number of hydrogen-bond donors (Lipinski definition) is 0. The van der Waals surface area contributed by atoms with Gasteiger partial charge in [0.2, 0.25) is 11.5 Å². The van der Waals surface area contributed by atoms with Crippen LogP contribution < -0.4 is 28.4 Å². The molecule has 14 nitrogen and oxygen atoms in total. The van der Waals surface area contributed by atoms with Crippen LogP contribution in [0.3, 0.4) is 0 Å². The maximum absolute atomic E-state index is 14.4.